The van der Waals surface area contributed by atoms with Crippen molar-refractivity contribution in [2.75, 3.05) is 6.61 Å². The third-order valence-corrected chi connectivity index (χ3v) is 3.30. The summed E-state index contributed by atoms with van der Waals surface area (Å²) in [5, 5.41) is 0. The largest absolute Gasteiger partial charge is 0.487 e. The third kappa shape index (κ3) is 3.81. The van der Waals surface area contributed by atoms with Gasteiger partial charge in [0, 0.05) is 5.56 Å². The number of hydrogen-bond acceptors (Lipinski definition) is 1. The predicted molar refractivity (Wildman–Crippen MR) is 81.0 cm³/mol. The first-order valence-corrected chi connectivity index (χ1v) is 6.96. The normalized spacial score (nSPS) is 12.2. The molecule has 112 valence electrons. The Morgan fingerprint density at radius 1 is 0.857 bits per heavy atom. The molecule has 0 amide bonds. The zero-order valence-electron chi connectivity index (χ0n) is 12.6. The number of hydrogen-bond donors (Lipinski definition) is 0. The Bertz CT molecular complexity index is 586. The minimum atomic E-state index is -3.01. The van der Waals surface area contributed by atoms with E-state index in [-0.39, 0.29) is 11.0 Å². The second-order valence-corrected chi connectivity index (χ2v) is 6.11. The molecule has 0 aliphatic heterocycles. The van der Waals surface area contributed by atoms with Gasteiger partial charge in [0.15, 0.2) is 6.61 Å². The zero-order valence-corrected chi connectivity index (χ0v) is 12.6. The van der Waals surface area contributed by atoms with Crippen LogP contribution in [-0.2, 0) is 11.3 Å². The van der Waals surface area contributed by atoms with Crippen molar-refractivity contribution in [1.82, 2.24) is 0 Å². The van der Waals surface area contributed by atoms with Crippen molar-refractivity contribution in [2.24, 2.45) is 0 Å². The molecule has 0 aromatic heterocycles. The molecule has 0 fully saturated rings. The van der Waals surface area contributed by atoms with Crippen LogP contribution in [0.3, 0.4) is 0 Å². The summed E-state index contributed by atoms with van der Waals surface area (Å²) in [6, 6.07) is 15.1. The van der Waals surface area contributed by atoms with Crippen molar-refractivity contribution in [3.05, 3.63) is 65.7 Å². The average molecular weight is 290 g/mol. The molecule has 0 radical (unpaired) electrons. The number of alkyl halides is 2. The molecule has 1 nitrogen and oxygen atoms in total. The molecule has 2 aromatic carbocycles. The van der Waals surface area contributed by atoms with Gasteiger partial charge in [-0.2, -0.15) is 8.78 Å². The van der Waals surface area contributed by atoms with Crippen LogP contribution in [0.4, 0.5) is 8.78 Å². The van der Waals surface area contributed by atoms with E-state index in [1.165, 1.54) is 12.1 Å². The predicted octanol–water partition coefficient (Wildman–Crippen LogP) is 5.15. The lowest BCUT2D eigenvalue weighted by Crippen LogP contribution is -2.24. The van der Waals surface area contributed by atoms with E-state index < -0.39 is 12.5 Å². The van der Waals surface area contributed by atoms with Crippen LogP contribution in [-0.4, -0.2) is 6.61 Å². The maximum atomic E-state index is 14.1. The second-order valence-electron chi connectivity index (χ2n) is 6.11. The third-order valence-electron chi connectivity index (χ3n) is 3.30. The summed E-state index contributed by atoms with van der Waals surface area (Å²) in [6.07, 6.45) is 0. The van der Waals surface area contributed by atoms with E-state index >= 15 is 0 Å². The van der Waals surface area contributed by atoms with Gasteiger partial charge in [-0.05, 0) is 17.0 Å². The number of rotatable bonds is 4. The summed E-state index contributed by atoms with van der Waals surface area (Å²) in [7, 11) is 0. The van der Waals surface area contributed by atoms with Crippen LogP contribution < -0.4 is 4.74 Å². The summed E-state index contributed by atoms with van der Waals surface area (Å²) in [5.74, 6) is -2.49. The van der Waals surface area contributed by atoms with E-state index in [1.807, 2.05) is 32.9 Å². The molecule has 0 aliphatic rings. The number of halogens is 2. The van der Waals surface area contributed by atoms with E-state index in [1.54, 1.807) is 30.3 Å². The Morgan fingerprint density at radius 3 is 2.05 bits per heavy atom. The van der Waals surface area contributed by atoms with Gasteiger partial charge in [-0.15, -0.1) is 0 Å². The van der Waals surface area contributed by atoms with Gasteiger partial charge in [0.1, 0.15) is 5.75 Å². The number of benzene rings is 2. The van der Waals surface area contributed by atoms with E-state index in [4.69, 9.17) is 4.74 Å². The van der Waals surface area contributed by atoms with E-state index in [0.29, 0.717) is 5.75 Å². The lowest BCUT2D eigenvalue weighted by molar-refractivity contribution is -0.0471. The minimum Gasteiger partial charge on any atom is -0.487 e. The van der Waals surface area contributed by atoms with Gasteiger partial charge in [0.2, 0.25) is 0 Å². The van der Waals surface area contributed by atoms with Gasteiger partial charge < -0.3 is 4.74 Å². The maximum Gasteiger partial charge on any atom is 0.306 e. The van der Waals surface area contributed by atoms with E-state index in [2.05, 4.69) is 0 Å². The van der Waals surface area contributed by atoms with Crippen molar-refractivity contribution in [1.29, 1.82) is 0 Å². The van der Waals surface area contributed by atoms with Crippen molar-refractivity contribution in [3.63, 3.8) is 0 Å². The molecule has 0 heterocycles. The molecule has 0 atom stereocenters. The Labute approximate surface area is 124 Å². The smallest absolute Gasteiger partial charge is 0.306 e. The monoisotopic (exact) mass is 290 g/mol. The molecule has 0 bridgehead atoms. The molecule has 0 unspecified atom stereocenters. The Balaban J connectivity index is 2.17. The highest BCUT2D eigenvalue weighted by atomic mass is 19.3. The average Bonchev–Trinajstić information content (AvgIpc) is 2.45. The molecule has 0 aliphatic carbocycles. The molecule has 0 saturated carbocycles. The van der Waals surface area contributed by atoms with E-state index in [9.17, 15) is 8.78 Å². The molecule has 0 N–H and O–H groups in total. The fraction of sp³-hybridized carbons (Fsp3) is 0.333. The van der Waals surface area contributed by atoms with Crippen LogP contribution in [0.15, 0.2) is 54.6 Å². The molecule has 2 rings (SSSR count). The highest BCUT2D eigenvalue weighted by molar-refractivity contribution is 5.38. The molecule has 0 spiro atoms. The van der Waals surface area contributed by atoms with Gasteiger partial charge in [-0.3, -0.25) is 0 Å². The zero-order chi connectivity index (χ0) is 15.5. The van der Waals surface area contributed by atoms with Crippen molar-refractivity contribution >= 4 is 0 Å². The summed E-state index contributed by atoms with van der Waals surface area (Å²) < 4.78 is 33.7. The topological polar surface area (TPSA) is 9.23 Å². The Kier molecular flexibility index (Phi) is 4.31. The van der Waals surface area contributed by atoms with Gasteiger partial charge >= 0.3 is 5.92 Å². The van der Waals surface area contributed by atoms with Crippen LogP contribution >= 0.6 is 0 Å². The fourth-order valence-electron chi connectivity index (χ4n) is 2.15. The van der Waals surface area contributed by atoms with Gasteiger partial charge in [-0.25, -0.2) is 0 Å². The van der Waals surface area contributed by atoms with Crippen LogP contribution in [0.5, 0.6) is 5.75 Å². The highest BCUT2D eigenvalue weighted by Gasteiger charge is 2.33. The van der Waals surface area contributed by atoms with E-state index in [0.717, 1.165) is 5.56 Å². The molecule has 3 heteroatoms. The fourth-order valence-corrected chi connectivity index (χ4v) is 2.15. The Hall–Kier alpha value is -1.90. The number of ether oxygens (including phenoxy) is 1. The molecule has 21 heavy (non-hydrogen) atoms. The summed E-state index contributed by atoms with van der Waals surface area (Å²) in [6.45, 7) is 5.43. The van der Waals surface area contributed by atoms with Crippen molar-refractivity contribution in [2.45, 2.75) is 32.1 Å². The molecular formula is C18H20F2O. The lowest BCUT2D eigenvalue weighted by Gasteiger charge is -2.24. The first-order valence-electron chi connectivity index (χ1n) is 6.96. The highest BCUT2D eigenvalue weighted by Crippen LogP contribution is 2.33. The van der Waals surface area contributed by atoms with Crippen molar-refractivity contribution < 1.29 is 13.5 Å². The minimum absolute atomic E-state index is 0.0294. The molecular weight excluding hydrogens is 270 g/mol. The maximum absolute atomic E-state index is 14.1. The van der Waals surface area contributed by atoms with Crippen LogP contribution in [0.25, 0.3) is 0 Å². The quantitative estimate of drug-likeness (QED) is 0.756. The van der Waals surface area contributed by atoms with Crippen LogP contribution in [0, 0.1) is 0 Å². The van der Waals surface area contributed by atoms with Crippen molar-refractivity contribution in [3.8, 4) is 5.75 Å². The summed E-state index contributed by atoms with van der Waals surface area (Å²) >= 11 is 0. The van der Waals surface area contributed by atoms with Gasteiger partial charge in [-0.1, -0.05) is 69.3 Å². The van der Waals surface area contributed by atoms with Gasteiger partial charge in [0.25, 0.3) is 0 Å². The van der Waals surface area contributed by atoms with Gasteiger partial charge in [0.05, 0.1) is 0 Å². The first kappa shape index (κ1) is 15.5. The lowest BCUT2D eigenvalue weighted by atomic mass is 9.86. The Morgan fingerprint density at radius 2 is 1.43 bits per heavy atom. The summed E-state index contributed by atoms with van der Waals surface area (Å²) in [4.78, 5) is 0. The molecule has 2 aromatic rings. The summed E-state index contributed by atoms with van der Waals surface area (Å²) in [5.41, 5.74) is 0.741. The van der Waals surface area contributed by atoms with Crippen LogP contribution in [0.2, 0.25) is 0 Å². The first-order chi connectivity index (χ1) is 9.81. The number of para-hydroxylation sites is 1. The van der Waals surface area contributed by atoms with Crippen LogP contribution in [0.1, 0.15) is 31.9 Å². The second kappa shape index (κ2) is 5.84. The molecule has 0 saturated heterocycles. The standard InChI is InChI=1S/C18H20F2O/c1-17(2,3)15-11-7-8-12-16(15)21-13-18(19,20)14-9-5-4-6-10-14/h4-12H,13H2,1-3H3. The SMILES string of the molecule is CC(C)(C)c1ccccc1OCC(F)(F)c1ccccc1.